The van der Waals surface area contributed by atoms with Crippen molar-refractivity contribution in [2.75, 3.05) is 0 Å². The number of halogens is 1. The molecule has 2 rings (SSSR count). The highest BCUT2D eigenvalue weighted by Gasteiger charge is 2.32. The third-order valence-corrected chi connectivity index (χ3v) is 3.20. The second-order valence-electron chi connectivity index (χ2n) is 4.81. The fourth-order valence-corrected chi connectivity index (χ4v) is 2.20. The Hall–Kier alpha value is -0.730. The number of benzene rings is 1. The summed E-state index contributed by atoms with van der Waals surface area (Å²) in [6.45, 7) is 6.08. The van der Waals surface area contributed by atoms with E-state index < -0.39 is 0 Å². The van der Waals surface area contributed by atoms with E-state index in [1.807, 2.05) is 19.1 Å². The molecule has 0 fully saturated rings. The molecule has 0 aliphatic carbocycles. The van der Waals surface area contributed by atoms with Crippen molar-refractivity contribution >= 4 is 11.6 Å². The van der Waals surface area contributed by atoms with Crippen molar-refractivity contribution in [2.45, 2.75) is 38.8 Å². The van der Waals surface area contributed by atoms with Gasteiger partial charge in [-0.1, -0.05) is 11.6 Å². The van der Waals surface area contributed by atoms with Crippen molar-refractivity contribution in [3.05, 3.63) is 28.3 Å². The first-order valence-electron chi connectivity index (χ1n) is 5.14. The van der Waals surface area contributed by atoms with E-state index >= 15 is 0 Å². The third-order valence-electron chi connectivity index (χ3n) is 2.79. The molecule has 0 spiro atoms. The fraction of sp³-hybridized carbons (Fsp3) is 0.500. The van der Waals surface area contributed by atoms with E-state index in [4.69, 9.17) is 22.1 Å². The average Bonchev–Trinajstić information content (AvgIpc) is 2.07. The molecule has 1 atom stereocenters. The molecule has 2 N–H and O–H groups in total. The molecule has 1 heterocycles. The highest BCUT2D eigenvalue weighted by molar-refractivity contribution is 6.31. The van der Waals surface area contributed by atoms with Crippen molar-refractivity contribution in [3.8, 4) is 5.75 Å². The van der Waals surface area contributed by atoms with Gasteiger partial charge in [-0.05, 0) is 38.5 Å². The molecule has 1 aromatic carbocycles. The summed E-state index contributed by atoms with van der Waals surface area (Å²) < 4.78 is 5.89. The zero-order chi connectivity index (χ0) is 11.2. The molecule has 1 aliphatic rings. The molecule has 3 heteroatoms. The van der Waals surface area contributed by atoms with Crippen LogP contribution in [0.4, 0.5) is 0 Å². The first kappa shape index (κ1) is 10.8. The summed E-state index contributed by atoms with van der Waals surface area (Å²) >= 11 is 6.07. The maximum absolute atomic E-state index is 6.10. The molecule has 1 unspecified atom stereocenters. The van der Waals surface area contributed by atoms with Crippen LogP contribution < -0.4 is 10.5 Å². The van der Waals surface area contributed by atoms with Gasteiger partial charge in [0.15, 0.2) is 0 Å². The Morgan fingerprint density at radius 3 is 2.80 bits per heavy atom. The third kappa shape index (κ3) is 1.97. The van der Waals surface area contributed by atoms with Gasteiger partial charge in [0, 0.05) is 23.0 Å². The van der Waals surface area contributed by atoms with Crippen LogP contribution in [0.2, 0.25) is 5.02 Å². The lowest BCUT2D eigenvalue weighted by Gasteiger charge is -2.36. The molecule has 82 valence electrons. The molecule has 1 aliphatic heterocycles. The summed E-state index contributed by atoms with van der Waals surface area (Å²) in [7, 11) is 0. The summed E-state index contributed by atoms with van der Waals surface area (Å²) in [4.78, 5) is 0. The largest absolute Gasteiger partial charge is 0.487 e. The smallest absolute Gasteiger partial charge is 0.125 e. The van der Waals surface area contributed by atoms with E-state index in [-0.39, 0.29) is 11.6 Å². The van der Waals surface area contributed by atoms with Crippen molar-refractivity contribution in [3.63, 3.8) is 0 Å². The molecule has 0 amide bonds. The Morgan fingerprint density at radius 2 is 2.13 bits per heavy atom. The lowest BCUT2D eigenvalue weighted by atomic mass is 9.90. The molecular formula is C12H16ClNO. The first-order valence-corrected chi connectivity index (χ1v) is 5.51. The second kappa shape index (κ2) is 3.39. The van der Waals surface area contributed by atoms with Crippen LogP contribution in [0.1, 0.15) is 37.4 Å². The highest BCUT2D eigenvalue weighted by atomic mass is 35.5. The number of nitrogens with two attached hydrogens (primary N) is 1. The predicted molar refractivity (Wildman–Crippen MR) is 62.4 cm³/mol. The topological polar surface area (TPSA) is 35.2 Å². The van der Waals surface area contributed by atoms with Gasteiger partial charge >= 0.3 is 0 Å². The van der Waals surface area contributed by atoms with Gasteiger partial charge in [-0.25, -0.2) is 0 Å². The van der Waals surface area contributed by atoms with Gasteiger partial charge in [0.1, 0.15) is 11.4 Å². The van der Waals surface area contributed by atoms with Crippen LogP contribution in [0.15, 0.2) is 12.1 Å². The molecule has 1 aromatic rings. The number of hydrogen-bond donors (Lipinski definition) is 1. The van der Waals surface area contributed by atoms with Gasteiger partial charge in [0.05, 0.1) is 0 Å². The zero-order valence-electron chi connectivity index (χ0n) is 9.30. The maximum Gasteiger partial charge on any atom is 0.125 e. The van der Waals surface area contributed by atoms with Gasteiger partial charge < -0.3 is 10.5 Å². The van der Waals surface area contributed by atoms with Crippen molar-refractivity contribution in [1.29, 1.82) is 0 Å². The number of rotatable bonds is 0. The number of fused-ring (bicyclic) bond motifs is 1. The van der Waals surface area contributed by atoms with E-state index in [1.54, 1.807) is 0 Å². The Kier molecular flexibility index (Phi) is 2.44. The maximum atomic E-state index is 6.10. The summed E-state index contributed by atoms with van der Waals surface area (Å²) in [6, 6.07) is 3.91. The monoisotopic (exact) mass is 225 g/mol. The molecule has 0 bridgehead atoms. The van der Waals surface area contributed by atoms with Crippen molar-refractivity contribution in [1.82, 2.24) is 0 Å². The Balaban J connectivity index is 2.51. The van der Waals surface area contributed by atoms with E-state index in [2.05, 4.69) is 13.8 Å². The van der Waals surface area contributed by atoms with Crippen LogP contribution in [0.3, 0.4) is 0 Å². The van der Waals surface area contributed by atoms with Gasteiger partial charge in [0.2, 0.25) is 0 Å². The molecular weight excluding hydrogens is 210 g/mol. The lowest BCUT2D eigenvalue weighted by Crippen LogP contribution is -2.37. The minimum Gasteiger partial charge on any atom is -0.487 e. The molecule has 0 saturated carbocycles. The van der Waals surface area contributed by atoms with Crippen LogP contribution in [0, 0.1) is 6.92 Å². The molecule has 0 aromatic heterocycles. The Labute approximate surface area is 95.4 Å². The standard InChI is InChI=1S/C12H16ClNO/c1-7-4-11-8(5-9(7)13)10(14)6-12(2,3)15-11/h4-5,10H,6,14H2,1-3H3. The molecule has 15 heavy (non-hydrogen) atoms. The number of aryl methyl sites for hydroxylation is 1. The first-order chi connectivity index (χ1) is 6.89. The van der Waals surface area contributed by atoms with E-state index in [9.17, 15) is 0 Å². The zero-order valence-corrected chi connectivity index (χ0v) is 10.1. The Morgan fingerprint density at radius 1 is 1.47 bits per heavy atom. The molecule has 0 saturated heterocycles. The van der Waals surface area contributed by atoms with E-state index in [0.29, 0.717) is 0 Å². The minimum atomic E-state index is -0.188. The minimum absolute atomic E-state index is 0.0156. The van der Waals surface area contributed by atoms with Crippen LogP contribution >= 0.6 is 11.6 Å². The van der Waals surface area contributed by atoms with Crippen LogP contribution in [0.25, 0.3) is 0 Å². The molecule has 2 nitrogen and oxygen atoms in total. The highest BCUT2D eigenvalue weighted by Crippen LogP contribution is 2.40. The average molecular weight is 226 g/mol. The fourth-order valence-electron chi connectivity index (χ4n) is 2.03. The number of hydrogen-bond acceptors (Lipinski definition) is 2. The second-order valence-corrected chi connectivity index (χ2v) is 5.22. The summed E-state index contributed by atoms with van der Waals surface area (Å²) in [5.41, 5.74) is 7.96. The van der Waals surface area contributed by atoms with Gasteiger partial charge in [-0.3, -0.25) is 0 Å². The summed E-state index contributed by atoms with van der Waals surface area (Å²) in [5.74, 6) is 0.876. The van der Waals surface area contributed by atoms with Crippen LogP contribution in [-0.2, 0) is 0 Å². The lowest BCUT2D eigenvalue weighted by molar-refractivity contribution is 0.0728. The van der Waals surface area contributed by atoms with Gasteiger partial charge in [-0.2, -0.15) is 0 Å². The van der Waals surface area contributed by atoms with Crippen molar-refractivity contribution < 1.29 is 4.74 Å². The quantitative estimate of drug-likeness (QED) is 0.736. The van der Waals surface area contributed by atoms with E-state index in [0.717, 1.165) is 28.3 Å². The SMILES string of the molecule is Cc1cc2c(cc1Cl)C(N)CC(C)(C)O2. The summed E-state index contributed by atoms with van der Waals surface area (Å²) in [6.07, 6.45) is 0.819. The number of ether oxygens (including phenoxy) is 1. The predicted octanol–water partition coefficient (Wildman–Crippen LogP) is 3.21. The van der Waals surface area contributed by atoms with Crippen LogP contribution in [0.5, 0.6) is 5.75 Å². The Bertz CT molecular complexity index is 401. The van der Waals surface area contributed by atoms with Crippen molar-refractivity contribution in [2.24, 2.45) is 5.73 Å². The van der Waals surface area contributed by atoms with Crippen LogP contribution in [-0.4, -0.2) is 5.60 Å². The van der Waals surface area contributed by atoms with E-state index in [1.165, 1.54) is 0 Å². The summed E-state index contributed by atoms with van der Waals surface area (Å²) in [5, 5.41) is 0.757. The molecule has 0 radical (unpaired) electrons. The normalized spacial score (nSPS) is 23.1. The van der Waals surface area contributed by atoms with Gasteiger partial charge in [0.25, 0.3) is 0 Å². The van der Waals surface area contributed by atoms with Gasteiger partial charge in [-0.15, -0.1) is 0 Å².